The lowest BCUT2D eigenvalue weighted by Crippen LogP contribution is -2.25. The van der Waals surface area contributed by atoms with E-state index in [-0.39, 0.29) is 5.75 Å². The molecule has 1 fully saturated rings. The largest absolute Gasteiger partial charge is 0.504 e. The van der Waals surface area contributed by atoms with Crippen molar-refractivity contribution in [2.45, 2.75) is 12.8 Å². The van der Waals surface area contributed by atoms with Gasteiger partial charge in [0.15, 0.2) is 11.5 Å². The molecule has 0 bridgehead atoms. The second-order valence-electron chi connectivity index (χ2n) is 5.06. The maximum atomic E-state index is 9.96. The van der Waals surface area contributed by atoms with Gasteiger partial charge in [0.25, 0.3) is 0 Å². The van der Waals surface area contributed by atoms with Crippen LogP contribution in [0.5, 0.6) is 11.5 Å². The number of fused-ring (bicyclic) bond motifs is 1. The number of phenols is 1. The van der Waals surface area contributed by atoms with Crippen LogP contribution in [-0.4, -0.2) is 36.2 Å². The standard InChI is InChI=1S/C16H19NO2/c18-15-11-13-5-1-2-6-14(13)12-16(15)19-10-9-17-7-3-4-8-17/h1-2,5-6,11-12,18H,3-4,7-10H2. The van der Waals surface area contributed by atoms with E-state index in [4.69, 9.17) is 4.74 Å². The zero-order valence-corrected chi connectivity index (χ0v) is 11.0. The summed E-state index contributed by atoms with van der Waals surface area (Å²) in [5.74, 6) is 0.804. The number of phenolic OH excluding ortho intramolecular Hbond substituents is 1. The molecule has 1 aliphatic heterocycles. The Kier molecular flexibility index (Phi) is 3.56. The van der Waals surface area contributed by atoms with Gasteiger partial charge in [-0.05, 0) is 48.8 Å². The maximum Gasteiger partial charge on any atom is 0.161 e. The van der Waals surface area contributed by atoms with Crippen LogP contribution >= 0.6 is 0 Å². The van der Waals surface area contributed by atoms with Crippen LogP contribution in [0.3, 0.4) is 0 Å². The molecule has 0 radical (unpaired) electrons. The van der Waals surface area contributed by atoms with E-state index < -0.39 is 0 Å². The summed E-state index contributed by atoms with van der Waals surface area (Å²) >= 11 is 0. The quantitative estimate of drug-likeness (QED) is 0.914. The van der Waals surface area contributed by atoms with E-state index >= 15 is 0 Å². The minimum absolute atomic E-state index is 0.222. The third-order valence-electron chi connectivity index (χ3n) is 3.69. The van der Waals surface area contributed by atoms with Crippen LogP contribution in [0, 0.1) is 0 Å². The molecule has 0 amide bonds. The molecule has 0 saturated carbocycles. The first-order valence-electron chi connectivity index (χ1n) is 6.90. The summed E-state index contributed by atoms with van der Waals surface area (Å²) in [5.41, 5.74) is 0. The van der Waals surface area contributed by atoms with E-state index in [0.29, 0.717) is 12.4 Å². The lowest BCUT2D eigenvalue weighted by atomic mass is 10.1. The van der Waals surface area contributed by atoms with Gasteiger partial charge in [-0.1, -0.05) is 24.3 Å². The van der Waals surface area contributed by atoms with Gasteiger partial charge in [-0.15, -0.1) is 0 Å². The number of likely N-dealkylation sites (tertiary alicyclic amines) is 1. The molecule has 1 aliphatic rings. The van der Waals surface area contributed by atoms with Crippen molar-refractivity contribution in [3.05, 3.63) is 36.4 Å². The van der Waals surface area contributed by atoms with Crippen molar-refractivity contribution >= 4 is 10.8 Å². The molecule has 19 heavy (non-hydrogen) atoms. The average molecular weight is 257 g/mol. The minimum atomic E-state index is 0.222. The summed E-state index contributed by atoms with van der Waals surface area (Å²) in [5, 5.41) is 12.1. The highest BCUT2D eigenvalue weighted by Crippen LogP contribution is 2.31. The summed E-state index contributed by atoms with van der Waals surface area (Å²) in [6, 6.07) is 11.7. The van der Waals surface area contributed by atoms with Crippen LogP contribution in [0.2, 0.25) is 0 Å². The fourth-order valence-electron chi connectivity index (χ4n) is 2.61. The summed E-state index contributed by atoms with van der Waals surface area (Å²) in [6.07, 6.45) is 2.59. The Balaban J connectivity index is 1.67. The monoisotopic (exact) mass is 257 g/mol. The third kappa shape index (κ3) is 2.82. The zero-order valence-electron chi connectivity index (χ0n) is 11.0. The molecule has 2 aromatic rings. The molecule has 0 aliphatic carbocycles. The Morgan fingerprint density at radius 1 is 1.05 bits per heavy atom. The number of hydrogen-bond donors (Lipinski definition) is 1. The van der Waals surface area contributed by atoms with Crippen molar-refractivity contribution in [2.75, 3.05) is 26.2 Å². The van der Waals surface area contributed by atoms with E-state index in [0.717, 1.165) is 17.3 Å². The molecule has 1 N–H and O–H groups in total. The SMILES string of the molecule is Oc1cc2ccccc2cc1OCCN1CCCC1. The molecule has 1 saturated heterocycles. The summed E-state index contributed by atoms with van der Waals surface area (Å²) in [6.45, 7) is 3.91. The molecule has 3 nitrogen and oxygen atoms in total. The van der Waals surface area contributed by atoms with Gasteiger partial charge in [-0.2, -0.15) is 0 Å². The van der Waals surface area contributed by atoms with Crippen molar-refractivity contribution in [3.63, 3.8) is 0 Å². The first kappa shape index (κ1) is 12.3. The van der Waals surface area contributed by atoms with Gasteiger partial charge >= 0.3 is 0 Å². The van der Waals surface area contributed by atoms with Crippen LogP contribution in [0.1, 0.15) is 12.8 Å². The molecular weight excluding hydrogens is 238 g/mol. The number of ether oxygens (including phenoxy) is 1. The molecule has 0 aromatic heterocycles. The molecule has 0 spiro atoms. The van der Waals surface area contributed by atoms with E-state index in [2.05, 4.69) is 4.90 Å². The Bertz CT molecular complexity index is 562. The molecule has 100 valence electrons. The molecule has 2 aromatic carbocycles. The van der Waals surface area contributed by atoms with Gasteiger partial charge in [-0.3, -0.25) is 4.90 Å². The van der Waals surface area contributed by atoms with Crippen LogP contribution in [0.15, 0.2) is 36.4 Å². The van der Waals surface area contributed by atoms with Crippen LogP contribution in [-0.2, 0) is 0 Å². The third-order valence-corrected chi connectivity index (χ3v) is 3.69. The van der Waals surface area contributed by atoms with Crippen molar-refractivity contribution < 1.29 is 9.84 Å². The van der Waals surface area contributed by atoms with Crippen molar-refractivity contribution in [1.29, 1.82) is 0 Å². The molecular formula is C16H19NO2. The average Bonchev–Trinajstić information content (AvgIpc) is 2.92. The van der Waals surface area contributed by atoms with Gasteiger partial charge in [0, 0.05) is 6.54 Å². The number of aromatic hydroxyl groups is 1. The van der Waals surface area contributed by atoms with E-state index in [9.17, 15) is 5.11 Å². The number of hydrogen-bond acceptors (Lipinski definition) is 3. The molecule has 3 heteroatoms. The number of nitrogens with zero attached hydrogens (tertiary/aromatic N) is 1. The maximum absolute atomic E-state index is 9.96. The molecule has 3 rings (SSSR count). The summed E-state index contributed by atoms with van der Waals surface area (Å²) in [4.78, 5) is 2.40. The Morgan fingerprint density at radius 2 is 1.74 bits per heavy atom. The summed E-state index contributed by atoms with van der Waals surface area (Å²) in [7, 11) is 0. The fourth-order valence-corrected chi connectivity index (χ4v) is 2.61. The number of benzene rings is 2. The number of rotatable bonds is 4. The highest BCUT2D eigenvalue weighted by atomic mass is 16.5. The molecule has 1 heterocycles. The van der Waals surface area contributed by atoms with E-state index in [1.165, 1.54) is 25.9 Å². The fraction of sp³-hybridized carbons (Fsp3) is 0.375. The van der Waals surface area contributed by atoms with Gasteiger partial charge in [0.2, 0.25) is 0 Å². The highest BCUT2D eigenvalue weighted by Gasteiger charge is 2.11. The van der Waals surface area contributed by atoms with Gasteiger partial charge < -0.3 is 9.84 Å². The Hall–Kier alpha value is -1.74. The molecule has 0 unspecified atom stereocenters. The predicted octanol–water partition coefficient (Wildman–Crippen LogP) is 3.02. The summed E-state index contributed by atoms with van der Waals surface area (Å²) < 4.78 is 5.72. The lowest BCUT2D eigenvalue weighted by molar-refractivity contribution is 0.232. The zero-order chi connectivity index (χ0) is 13.1. The van der Waals surface area contributed by atoms with Crippen LogP contribution in [0.4, 0.5) is 0 Å². The van der Waals surface area contributed by atoms with Crippen molar-refractivity contribution in [2.24, 2.45) is 0 Å². The Labute approximate surface area is 113 Å². The van der Waals surface area contributed by atoms with Crippen molar-refractivity contribution in [1.82, 2.24) is 4.90 Å². The topological polar surface area (TPSA) is 32.7 Å². The van der Waals surface area contributed by atoms with E-state index in [1.807, 2.05) is 30.3 Å². The van der Waals surface area contributed by atoms with Gasteiger partial charge in [-0.25, -0.2) is 0 Å². The first-order valence-corrected chi connectivity index (χ1v) is 6.90. The van der Waals surface area contributed by atoms with Crippen LogP contribution < -0.4 is 4.74 Å². The predicted molar refractivity (Wildman–Crippen MR) is 76.8 cm³/mol. The Morgan fingerprint density at radius 3 is 2.47 bits per heavy atom. The lowest BCUT2D eigenvalue weighted by Gasteiger charge is -2.15. The normalized spacial score (nSPS) is 16.0. The minimum Gasteiger partial charge on any atom is -0.504 e. The van der Waals surface area contributed by atoms with Crippen molar-refractivity contribution in [3.8, 4) is 11.5 Å². The van der Waals surface area contributed by atoms with E-state index in [1.54, 1.807) is 6.07 Å². The van der Waals surface area contributed by atoms with Gasteiger partial charge in [0.1, 0.15) is 6.61 Å². The van der Waals surface area contributed by atoms with Gasteiger partial charge in [0.05, 0.1) is 0 Å². The smallest absolute Gasteiger partial charge is 0.161 e. The van der Waals surface area contributed by atoms with Crippen LogP contribution in [0.25, 0.3) is 10.8 Å². The first-order chi connectivity index (χ1) is 9.33. The second kappa shape index (κ2) is 5.49. The second-order valence-corrected chi connectivity index (χ2v) is 5.06. The molecule has 0 atom stereocenters. The highest BCUT2D eigenvalue weighted by molar-refractivity contribution is 5.85.